The molecule has 0 aliphatic heterocycles. The molecule has 1 aromatic rings. The third kappa shape index (κ3) is 3.61. The number of aliphatic hydroxyl groups excluding tert-OH is 1. The number of hydrogen-bond donors (Lipinski definition) is 2. The van der Waals surface area contributed by atoms with Crippen molar-refractivity contribution in [3.8, 4) is 0 Å². The van der Waals surface area contributed by atoms with E-state index in [1.54, 1.807) is 13.2 Å². The maximum atomic E-state index is 9.03. The van der Waals surface area contributed by atoms with E-state index in [2.05, 4.69) is 5.32 Å². The lowest BCUT2D eigenvalue weighted by atomic mass is 10.2. The van der Waals surface area contributed by atoms with E-state index in [1.165, 1.54) is 0 Å². The summed E-state index contributed by atoms with van der Waals surface area (Å²) in [7, 11) is 0. The second-order valence-corrected chi connectivity index (χ2v) is 3.33. The van der Waals surface area contributed by atoms with Crippen molar-refractivity contribution in [1.82, 2.24) is 5.32 Å². The molecular formula is C10H17NO2. The van der Waals surface area contributed by atoms with E-state index in [1.807, 2.05) is 19.1 Å². The third-order valence-electron chi connectivity index (χ3n) is 1.98. The summed E-state index contributed by atoms with van der Waals surface area (Å²) in [6.07, 6.45) is 2.20. The minimum atomic E-state index is -0.240. The first-order chi connectivity index (χ1) is 6.20. The van der Waals surface area contributed by atoms with Crippen LogP contribution in [0.25, 0.3) is 0 Å². The number of aliphatic hydroxyl groups is 1. The Balaban J connectivity index is 2.22. The zero-order valence-corrected chi connectivity index (χ0v) is 8.16. The molecule has 0 radical (unpaired) electrons. The number of nitrogens with one attached hydrogen (secondary N) is 1. The maximum absolute atomic E-state index is 9.03. The van der Waals surface area contributed by atoms with Crippen LogP contribution < -0.4 is 5.32 Å². The summed E-state index contributed by atoms with van der Waals surface area (Å²) < 4.78 is 5.23. The molecule has 3 heteroatoms. The largest absolute Gasteiger partial charge is 0.468 e. The first kappa shape index (κ1) is 10.3. The number of rotatable bonds is 5. The van der Waals surface area contributed by atoms with Crippen molar-refractivity contribution in [1.29, 1.82) is 0 Å². The Morgan fingerprint density at radius 1 is 1.54 bits per heavy atom. The second kappa shape index (κ2) is 5.04. The van der Waals surface area contributed by atoms with E-state index >= 15 is 0 Å². The molecule has 74 valence electrons. The highest BCUT2D eigenvalue weighted by Gasteiger charge is 2.06. The second-order valence-electron chi connectivity index (χ2n) is 3.33. The molecule has 0 bridgehead atoms. The van der Waals surface area contributed by atoms with Crippen LogP contribution in [-0.2, 0) is 0 Å². The summed E-state index contributed by atoms with van der Waals surface area (Å²) in [6.45, 7) is 4.64. The molecule has 2 atom stereocenters. The van der Waals surface area contributed by atoms with Gasteiger partial charge in [0.2, 0.25) is 0 Å². The Hall–Kier alpha value is -0.800. The van der Waals surface area contributed by atoms with Crippen molar-refractivity contribution in [2.75, 3.05) is 6.54 Å². The van der Waals surface area contributed by atoms with Crippen LogP contribution >= 0.6 is 0 Å². The van der Waals surface area contributed by atoms with Crippen LogP contribution in [0.15, 0.2) is 22.8 Å². The molecule has 1 heterocycles. The fourth-order valence-electron chi connectivity index (χ4n) is 1.15. The monoisotopic (exact) mass is 183 g/mol. The molecule has 0 spiro atoms. The quantitative estimate of drug-likeness (QED) is 0.730. The van der Waals surface area contributed by atoms with E-state index in [0.717, 1.165) is 18.7 Å². The minimum absolute atomic E-state index is 0.216. The summed E-state index contributed by atoms with van der Waals surface area (Å²) in [5.41, 5.74) is 0. The normalized spacial score (nSPS) is 15.6. The van der Waals surface area contributed by atoms with Gasteiger partial charge in [0, 0.05) is 0 Å². The van der Waals surface area contributed by atoms with Gasteiger partial charge in [-0.25, -0.2) is 0 Å². The average Bonchev–Trinajstić information content (AvgIpc) is 2.55. The standard InChI is InChI=1S/C10H17NO2/c1-8(12)5-6-11-9(2)10-4-3-7-13-10/h3-4,7-9,11-12H,5-6H2,1-2H3/t8-,9-/m0/s1. The third-order valence-corrected chi connectivity index (χ3v) is 1.98. The van der Waals surface area contributed by atoms with Crippen molar-refractivity contribution in [3.05, 3.63) is 24.2 Å². The van der Waals surface area contributed by atoms with Crippen LogP contribution in [-0.4, -0.2) is 17.8 Å². The van der Waals surface area contributed by atoms with Gasteiger partial charge < -0.3 is 14.8 Å². The lowest BCUT2D eigenvalue weighted by Gasteiger charge is -2.11. The molecule has 1 aromatic heterocycles. The fraction of sp³-hybridized carbons (Fsp3) is 0.600. The summed E-state index contributed by atoms with van der Waals surface area (Å²) in [5, 5.41) is 12.3. The summed E-state index contributed by atoms with van der Waals surface area (Å²) in [4.78, 5) is 0. The molecule has 0 saturated heterocycles. The van der Waals surface area contributed by atoms with Crippen molar-refractivity contribution in [2.24, 2.45) is 0 Å². The van der Waals surface area contributed by atoms with Gasteiger partial charge in [-0.2, -0.15) is 0 Å². The van der Waals surface area contributed by atoms with Crippen LogP contribution in [0.2, 0.25) is 0 Å². The van der Waals surface area contributed by atoms with Gasteiger partial charge in [-0.15, -0.1) is 0 Å². The average molecular weight is 183 g/mol. The van der Waals surface area contributed by atoms with Crippen LogP contribution in [0.5, 0.6) is 0 Å². The highest BCUT2D eigenvalue weighted by atomic mass is 16.3. The van der Waals surface area contributed by atoms with Gasteiger partial charge in [0.15, 0.2) is 0 Å². The minimum Gasteiger partial charge on any atom is -0.468 e. The maximum Gasteiger partial charge on any atom is 0.120 e. The molecule has 0 aliphatic carbocycles. The SMILES string of the molecule is C[C@H](O)CCN[C@@H](C)c1ccco1. The highest BCUT2D eigenvalue weighted by molar-refractivity contribution is 5.02. The van der Waals surface area contributed by atoms with Crippen molar-refractivity contribution in [2.45, 2.75) is 32.4 Å². The Kier molecular flexibility index (Phi) is 3.99. The van der Waals surface area contributed by atoms with Crippen LogP contribution in [0.3, 0.4) is 0 Å². The smallest absolute Gasteiger partial charge is 0.120 e. The van der Waals surface area contributed by atoms with Crippen LogP contribution in [0, 0.1) is 0 Å². The molecule has 0 fully saturated rings. The van der Waals surface area contributed by atoms with Gasteiger partial charge in [-0.3, -0.25) is 0 Å². The van der Waals surface area contributed by atoms with Crippen molar-refractivity contribution in [3.63, 3.8) is 0 Å². The summed E-state index contributed by atoms with van der Waals surface area (Å²) >= 11 is 0. The molecular weight excluding hydrogens is 166 g/mol. The number of furan rings is 1. The van der Waals surface area contributed by atoms with E-state index < -0.39 is 0 Å². The highest BCUT2D eigenvalue weighted by Crippen LogP contribution is 2.11. The van der Waals surface area contributed by atoms with Gasteiger partial charge in [0.05, 0.1) is 18.4 Å². The van der Waals surface area contributed by atoms with E-state index in [-0.39, 0.29) is 12.1 Å². The van der Waals surface area contributed by atoms with Gasteiger partial charge in [-0.05, 0) is 38.9 Å². The Labute approximate surface area is 78.8 Å². The molecule has 0 aromatic carbocycles. The molecule has 13 heavy (non-hydrogen) atoms. The Morgan fingerprint density at radius 3 is 2.85 bits per heavy atom. The predicted octanol–water partition coefficient (Wildman–Crippen LogP) is 1.70. The van der Waals surface area contributed by atoms with E-state index in [4.69, 9.17) is 9.52 Å². The van der Waals surface area contributed by atoms with Crippen LogP contribution in [0.1, 0.15) is 32.1 Å². The Morgan fingerprint density at radius 2 is 2.31 bits per heavy atom. The van der Waals surface area contributed by atoms with Crippen molar-refractivity contribution < 1.29 is 9.52 Å². The molecule has 1 rings (SSSR count). The zero-order chi connectivity index (χ0) is 9.68. The van der Waals surface area contributed by atoms with Gasteiger partial charge >= 0.3 is 0 Å². The Bertz CT molecular complexity index is 219. The van der Waals surface area contributed by atoms with Gasteiger partial charge in [-0.1, -0.05) is 0 Å². The first-order valence-corrected chi connectivity index (χ1v) is 4.65. The number of hydrogen-bond acceptors (Lipinski definition) is 3. The molecule has 0 saturated carbocycles. The summed E-state index contributed by atoms with van der Waals surface area (Å²) in [6, 6.07) is 4.04. The lowest BCUT2D eigenvalue weighted by Crippen LogP contribution is -2.22. The molecule has 3 nitrogen and oxygen atoms in total. The van der Waals surface area contributed by atoms with Gasteiger partial charge in [0.25, 0.3) is 0 Å². The first-order valence-electron chi connectivity index (χ1n) is 4.65. The topological polar surface area (TPSA) is 45.4 Å². The summed E-state index contributed by atoms with van der Waals surface area (Å²) in [5.74, 6) is 0.936. The fourth-order valence-corrected chi connectivity index (χ4v) is 1.15. The predicted molar refractivity (Wildman–Crippen MR) is 51.4 cm³/mol. The van der Waals surface area contributed by atoms with Gasteiger partial charge in [0.1, 0.15) is 5.76 Å². The molecule has 2 N–H and O–H groups in total. The molecule has 0 aliphatic rings. The van der Waals surface area contributed by atoms with Crippen molar-refractivity contribution >= 4 is 0 Å². The van der Waals surface area contributed by atoms with E-state index in [0.29, 0.717) is 0 Å². The zero-order valence-electron chi connectivity index (χ0n) is 8.16. The van der Waals surface area contributed by atoms with E-state index in [9.17, 15) is 0 Å². The molecule has 0 amide bonds. The van der Waals surface area contributed by atoms with Crippen LogP contribution in [0.4, 0.5) is 0 Å². The lowest BCUT2D eigenvalue weighted by molar-refractivity contribution is 0.182. The molecule has 0 unspecified atom stereocenters.